The standard InChI is InChI=1S/C10H15BrClN3O/c1-6(2)10(3,5-16)15-8-7(11)4-13-9(12)14-8/h4,6,16H,5H2,1-3H3,(H,13,14,15). The largest absolute Gasteiger partial charge is 0.394 e. The Morgan fingerprint density at radius 2 is 2.25 bits per heavy atom. The lowest BCUT2D eigenvalue weighted by Crippen LogP contribution is -2.44. The Morgan fingerprint density at radius 1 is 1.62 bits per heavy atom. The first kappa shape index (κ1) is 13.7. The van der Waals surface area contributed by atoms with Crippen LogP contribution >= 0.6 is 27.5 Å². The second kappa shape index (κ2) is 5.29. The zero-order valence-corrected chi connectivity index (χ0v) is 11.8. The Bertz CT molecular complexity index is 375. The van der Waals surface area contributed by atoms with E-state index < -0.39 is 5.54 Å². The molecule has 0 saturated heterocycles. The van der Waals surface area contributed by atoms with Gasteiger partial charge >= 0.3 is 0 Å². The van der Waals surface area contributed by atoms with Gasteiger partial charge in [0.2, 0.25) is 5.28 Å². The van der Waals surface area contributed by atoms with Crippen molar-refractivity contribution >= 4 is 33.3 Å². The Hall–Kier alpha value is -0.390. The molecule has 1 aromatic rings. The van der Waals surface area contributed by atoms with Gasteiger partial charge in [0.25, 0.3) is 0 Å². The highest BCUT2D eigenvalue weighted by atomic mass is 79.9. The molecule has 0 aliphatic rings. The quantitative estimate of drug-likeness (QED) is 0.840. The van der Waals surface area contributed by atoms with Crippen LogP contribution in [0.2, 0.25) is 5.28 Å². The molecule has 0 aromatic carbocycles. The van der Waals surface area contributed by atoms with Crippen LogP contribution in [0.5, 0.6) is 0 Å². The van der Waals surface area contributed by atoms with Gasteiger partial charge in [0.1, 0.15) is 5.82 Å². The molecular weight excluding hydrogens is 293 g/mol. The number of nitrogens with one attached hydrogen (secondary N) is 1. The molecule has 1 aromatic heterocycles. The van der Waals surface area contributed by atoms with E-state index in [-0.39, 0.29) is 17.8 Å². The zero-order valence-electron chi connectivity index (χ0n) is 9.46. The van der Waals surface area contributed by atoms with Crippen LogP contribution in [0.25, 0.3) is 0 Å². The molecule has 0 saturated carbocycles. The molecule has 4 nitrogen and oxygen atoms in total. The molecule has 2 N–H and O–H groups in total. The summed E-state index contributed by atoms with van der Waals surface area (Å²) in [6, 6.07) is 0. The van der Waals surface area contributed by atoms with Crippen LogP contribution in [-0.2, 0) is 0 Å². The predicted molar refractivity (Wildman–Crippen MR) is 68.7 cm³/mol. The Kier molecular flexibility index (Phi) is 4.52. The lowest BCUT2D eigenvalue weighted by molar-refractivity contribution is 0.185. The number of hydrogen-bond acceptors (Lipinski definition) is 4. The van der Waals surface area contributed by atoms with E-state index in [0.717, 1.165) is 4.47 Å². The lowest BCUT2D eigenvalue weighted by atomic mass is 9.89. The highest BCUT2D eigenvalue weighted by Gasteiger charge is 2.28. The first-order valence-electron chi connectivity index (χ1n) is 4.96. The highest BCUT2D eigenvalue weighted by Crippen LogP contribution is 2.27. The fraction of sp³-hybridized carbons (Fsp3) is 0.600. The molecule has 1 atom stereocenters. The van der Waals surface area contributed by atoms with Crippen molar-refractivity contribution in [2.24, 2.45) is 5.92 Å². The SMILES string of the molecule is CC(C)C(C)(CO)Nc1nc(Cl)ncc1Br. The summed E-state index contributed by atoms with van der Waals surface area (Å²) in [6.45, 7) is 6.00. The predicted octanol–water partition coefficient (Wildman–Crippen LogP) is 2.71. The molecule has 0 amide bonds. The van der Waals surface area contributed by atoms with Crippen LogP contribution in [0.3, 0.4) is 0 Å². The summed E-state index contributed by atoms with van der Waals surface area (Å²) in [5.74, 6) is 0.836. The molecule has 0 radical (unpaired) electrons. The first-order valence-corrected chi connectivity index (χ1v) is 6.13. The number of aliphatic hydroxyl groups is 1. The third kappa shape index (κ3) is 3.06. The number of aromatic nitrogens is 2. The maximum Gasteiger partial charge on any atom is 0.224 e. The van der Waals surface area contributed by atoms with Crippen LogP contribution in [0.1, 0.15) is 20.8 Å². The van der Waals surface area contributed by atoms with Crippen molar-refractivity contribution in [3.05, 3.63) is 16.0 Å². The molecule has 0 fully saturated rings. The van der Waals surface area contributed by atoms with Gasteiger partial charge < -0.3 is 10.4 Å². The van der Waals surface area contributed by atoms with E-state index in [1.165, 1.54) is 0 Å². The molecule has 1 unspecified atom stereocenters. The van der Waals surface area contributed by atoms with Crippen molar-refractivity contribution in [2.45, 2.75) is 26.3 Å². The summed E-state index contributed by atoms with van der Waals surface area (Å²) in [4.78, 5) is 7.92. The molecule has 0 bridgehead atoms. The molecule has 1 heterocycles. The summed E-state index contributed by atoms with van der Waals surface area (Å²) in [5.41, 5.74) is -0.444. The fourth-order valence-electron chi connectivity index (χ4n) is 1.07. The van der Waals surface area contributed by atoms with Gasteiger partial charge in [-0.3, -0.25) is 0 Å². The van der Waals surface area contributed by atoms with E-state index >= 15 is 0 Å². The number of anilines is 1. The topological polar surface area (TPSA) is 58.0 Å². The van der Waals surface area contributed by atoms with E-state index in [4.69, 9.17) is 11.6 Å². The molecule has 1 rings (SSSR count). The van der Waals surface area contributed by atoms with Crippen molar-refractivity contribution < 1.29 is 5.11 Å². The van der Waals surface area contributed by atoms with Crippen LogP contribution in [-0.4, -0.2) is 27.2 Å². The Morgan fingerprint density at radius 3 is 2.75 bits per heavy atom. The normalized spacial score (nSPS) is 14.9. The minimum Gasteiger partial charge on any atom is -0.394 e. The van der Waals surface area contributed by atoms with E-state index in [1.807, 2.05) is 20.8 Å². The van der Waals surface area contributed by atoms with Crippen molar-refractivity contribution in [1.82, 2.24) is 9.97 Å². The summed E-state index contributed by atoms with van der Waals surface area (Å²) in [7, 11) is 0. The summed E-state index contributed by atoms with van der Waals surface area (Å²) in [6.07, 6.45) is 1.58. The molecular formula is C10H15BrClN3O. The molecule has 0 aliphatic carbocycles. The fourth-order valence-corrected chi connectivity index (χ4v) is 1.49. The van der Waals surface area contributed by atoms with Gasteiger partial charge in [0.15, 0.2) is 0 Å². The zero-order chi connectivity index (χ0) is 12.3. The van der Waals surface area contributed by atoms with Gasteiger partial charge in [-0.1, -0.05) is 13.8 Å². The summed E-state index contributed by atoms with van der Waals surface area (Å²) in [5, 5.41) is 12.8. The van der Waals surface area contributed by atoms with Gasteiger partial charge in [0, 0.05) is 6.20 Å². The van der Waals surface area contributed by atoms with Gasteiger partial charge in [-0.25, -0.2) is 4.98 Å². The maximum atomic E-state index is 9.42. The molecule has 16 heavy (non-hydrogen) atoms. The summed E-state index contributed by atoms with van der Waals surface area (Å²) >= 11 is 9.06. The number of nitrogens with zero attached hydrogens (tertiary/aromatic N) is 2. The van der Waals surface area contributed by atoms with Crippen LogP contribution in [0.15, 0.2) is 10.7 Å². The highest BCUT2D eigenvalue weighted by molar-refractivity contribution is 9.10. The summed E-state index contributed by atoms with van der Waals surface area (Å²) < 4.78 is 0.720. The number of aliphatic hydroxyl groups excluding tert-OH is 1. The van der Waals surface area contributed by atoms with Crippen LogP contribution in [0, 0.1) is 5.92 Å². The maximum absolute atomic E-state index is 9.42. The van der Waals surface area contributed by atoms with Gasteiger partial charge in [0.05, 0.1) is 16.6 Å². The van der Waals surface area contributed by atoms with Gasteiger partial charge in [-0.05, 0) is 40.4 Å². The van der Waals surface area contributed by atoms with Gasteiger partial charge in [-0.2, -0.15) is 4.98 Å². The van der Waals surface area contributed by atoms with Crippen molar-refractivity contribution in [3.63, 3.8) is 0 Å². The molecule has 0 spiro atoms. The second-order valence-electron chi connectivity index (χ2n) is 4.19. The molecule has 90 valence electrons. The third-order valence-corrected chi connectivity index (χ3v) is 3.48. The number of halogens is 2. The first-order chi connectivity index (χ1) is 7.39. The minimum absolute atomic E-state index is 0.0126. The average molecular weight is 309 g/mol. The van der Waals surface area contributed by atoms with E-state index in [0.29, 0.717) is 5.82 Å². The molecule has 0 aliphatic heterocycles. The third-order valence-electron chi connectivity index (χ3n) is 2.72. The van der Waals surface area contributed by atoms with E-state index in [9.17, 15) is 5.11 Å². The average Bonchev–Trinajstić information content (AvgIpc) is 2.23. The monoisotopic (exact) mass is 307 g/mol. The minimum atomic E-state index is -0.444. The van der Waals surface area contributed by atoms with Crippen molar-refractivity contribution in [3.8, 4) is 0 Å². The van der Waals surface area contributed by atoms with Gasteiger partial charge in [-0.15, -0.1) is 0 Å². The van der Waals surface area contributed by atoms with Crippen molar-refractivity contribution in [1.29, 1.82) is 0 Å². The van der Waals surface area contributed by atoms with Crippen LogP contribution in [0.4, 0.5) is 5.82 Å². The number of hydrogen-bond donors (Lipinski definition) is 2. The van der Waals surface area contributed by atoms with E-state index in [1.54, 1.807) is 6.20 Å². The Labute approximate surface area is 109 Å². The lowest BCUT2D eigenvalue weighted by Gasteiger charge is -2.33. The smallest absolute Gasteiger partial charge is 0.224 e. The molecule has 6 heteroatoms. The van der Waals surface area contributed by atoms with Crippen molar-refractivity contribution in [2.75, 3.05) is 11.9 Å². The second-order valence-corrected chi connectivity index (χ2v) is 5.38. The van der Waals surface area contributed by atoms with Crippen LogP contribution < -0.4 is 5.32 Å². The number of rotatable bonds is 4. The van der Waals surface area contributed by atoms with E-state index in [2.05, 4.69) is 31.2 Å². The Balaban J connectivity index is 2.98.